The van der Waals surface area contributed by atoms with Crippen molar-refractivity contribution in [3.05, 3.63) is 0 Å². The average Bonchev–Trinajstić information content (AvgIpc) is 2.33. The standard InChI is InChI=1S/C12H19N3O3/c13-8-4-2-1-3-7(8)11(17)14-9-5-6-10(16)15-12(9)18/h7-9H,1-6,13H2,(H,14,17)(H,15,16,18). The molecule has 0 bridgehead atoms. The molecule has 1 aliphatic heterocycles. The normalized spacial score (nSPS) is 32.8. The first-order chi connectivity index (χ1) is 8.58. The lowest BCUT2D eigenvalue weighted by atomic mass is 9.84. The van der Waals surface area contributed by atoms with Gasteiger partial charge in [-0.2, -0.15) is 0 Å². The van der Waals surface area contributed by atoms with Crippen molar-refractivity contribution in [2.45, 2.75) is 50.6 Å². The summed E-state index contributed by atoms with van der Waals surface area (Å²) in [5.41, 5.74) is 5.93. The van der Waals surface area contributed by atoms with Crippen molar-refractivity contribution < 1.29 is 14.4 Å². The predicted octanol–water partition coefficient (Wildman–Crippen LogP) is -0.575. The van der Waals surface area contributed by atoms with E-state index in [4.69, 9.17) is 5.73 Å². The maximum absolute atomic E-state index is 12.0. The number of nitrogens with two attached hydrogens (primary N) is 1. The van der Waals surface area contributed by atoms with Gasteiger partial charge in [-0.1, -0.05) is 12.8 Å². The second-order valence-electron chi connectivity index (χ2n) is 5.07. The molecule has 0 aromatic carbocycles. The average molecular weight is 253 g/mol. The Labute approximate surface area is 106 Å². The van der Waals surface area contributed by atoms with Crippen molar-refractivity contribution in [2.24, 2.45) is 11.7 Å². The summed E-state index contributed by atoms with van der Waals surface area (Å²) in [6, 6.07) is -0.712. The minimum atomic E-state index is -0.593. The third-order valence-electron chi connectivity index (χ3n) is 3.71. The van der Waals surface area contributed by atoms with Crippen LogP contribution in [0.15, 0.2) is 0 Å². The number of nitrogens with one attached hydrogen (secondary N) is 2. The molecule has 6 heteroatoms. The van der Waals surface area contributed by atoms with Crippen molar-refractivity contribution in [3.63, 3.8) is 0 Å². The van der Waals surface area contributed by atoms with Crippen LogP contribution in [0, 0.1) is 5.92 Å². The zero-order valence-corrected chi connectivity index (χ0v) is 10.3. The lowest BCUT2D eigenvalue weighted by molar-refractivity contribution is -0.138. The summed E-state index contributed by atoms with van der Waals surface area (Å²) in [6.07, 6.45) is 4.34. The van der Waals surface area contributed by atoms with Crippen molar-refractivity contribution in [1.82, 2.24) is 10.6 Å². The Morgan fingerprint density at radius 3 is 2.61 bits per heavy atom. The number of imide groups is 1. The van der Waals surface area contributed by atoms with Crippen LogP contribution in [-0.2, 0) is 14.4 Å². The molecule has 3 amide bonds. The topological polar surface area (TPSA) is 101 Å². The first kappa shape index (κ1) is 13.0. The SMILES string of the molecule is NC1CCCCC1C(=O)NC1CCC(=O)NC1=O. The highest BCUT2D eigenvalue weighted by Gasteiger charge is 2.33. The van der Waals surface area contributed by atoms with Crippen LogP contribution >= 0.6 is 0 Å². The molecular weight excluding hydrogens is 234 g/mol. The molecule has 2 fully saturated rings. The lowest BCUT2D eigenvalue weighted by Gasteiger charge is -2.30. The van der Waals surface area contributed by atoms with E-state index in [-0.39, 0.29) is 30.2 Å². The lowest BCUT2D eigenvalue weighted by Crippen LogP contribution is -2.55. The number of amides is 3. The molecule has 100 valence electrons. The van der Waals surface area contributed by atoms with Crippen LogP contribution in [0.5, 0.6) is 0 Å². The Bertz CT molecular complexity index is 370. The molecule has 1 saturated carbocycles. The molecule has 3 unspecified atom stereocenters. The monoisotopic (exact) mass is 253 g/mol. The number of rotatable bonds is 2. The molecule has 0 radical (unpaired) electrons. The van der Waals surface area contributed by atoms with Gasteiger partial charge in [0.1, 0.15) is 6.04 Å². The highest BCUT2D eigenvalue weighted by molar-refractivity contribution is 6.01. The van der Waals surface area contributed by atoms with Crippen LogP contribution in [0.2, 0.25) is 0 Å². The second kappa shape index (κ2) is 5.48. The van der Waals surface area contributed by atoms with Gasteiger partial charge in [0.25, 0.3) is 0 Å². The maximum Gasteiger partial charge on any atom is 0.249 e. The molecule has 0 aromatic rings. The van der Waals surface area contributed by atoms with Gasteiger partial charge < -0.3 is 11.1 Å². The highest BCUT2D eigenvalue weighted by Crippen LogP contribution is 2.23. The minimum Gasteiger partial charge on any atom is -0.344 e. The minimum absolute atomic E-state index is 0.118. The molecule has 4 N–H and O–H groups in total. The van der Waals surface area contributed by atoms with E-state index in [9.17, 15) is 14.4 Å². The van der Waals surface area contributed by atoms with Crippen LogP contribution < -0.4 is 16.4 Å². The van der Waals surface area contributed by atoms with Gasteiger partial charge in [-0.15, -0.1) is 0 Å². The summed E-state index contributed by atoms with van der Waals surface area (Å²) in [5.74, 6) is -1.05. The fourth-order valence-corrected chi connectivity index (χ4v) is 2.60. The molecular formula is C12H19N3O3. The Balaban J connectivity index is 1.90. The van der Waals surface area contributed by atoms with Crippen molar-refractivity contribution in [2.75, 3.05) is 0 Å². The van der Waals surface area contributed by atoms with Crippen LogP contribution in [0.3, 0.4) is 0 Å². The fourth-order valence-electron chi connectivity index (χ4n) is 2.60. The number of piperidine rings is 1. The highest BCUT2D eigenvalue weighted by atomic mass is 16.2. The van der Waals surface area contributed by atoms with E-state index >= 15 is 0 Å². The third-order valence-corrected chi connectivity index (χ3v) is 3.71. The van der Waals surface area contributed by atoms with E-state index in [1.165, 1.54) is 0 Å². The first-order valence-electron chi connectivity index (χ1n) is 6.47. The molecule has 3 atom stereocenters. The Morgan fingerprint density at radius 1 is 1.22 bits per heavy atom. The smallest absolute Gasteiger partial charge is 0.249 e. The van der Waals surface area contributed by atoms with E-state index in [0.29, 0.717) is 6.42 Å². The maximum atomic E-state index is 12.0. The van der Waals surface area contributed by atoms with Crippen molar-refractivity contribution >= 4 is 17.7 Å². The van der Waals surface area contributed by atoms with Gasteiger partial charge in [-0.3, -0.25) is 19.7 Å². The number of carbonyl (C=O) groups is 3. The van der Waals surface area contributed by atoms with E-state index in [0.717, 1.165) is 25.7 Å². The fraction of sp³-hybridized carbons (Fsp3) is 0.750. The summed E-state index contributed by atoms with van der Waals surface area (Å²) < 4.78 is 0. The zero-order chi connectivity index (χ0) is 13.1. The zero-order valence-electron chi connectivity index (χ0n) is 10.3. The van der Waals surface area contributed by atoms with Crippen LogP contribution in [0.1, 0.15) is 38.5 Å². The van der Waals surface area contributed by atoms with Crippen molar-refractivity contribution in [1.29, 1.82) is 0 Å². The summed E-state index contributed by atoms with van der Waals surface area (Å²) >= 11 is 0. The molecule has 1 saturated heterocycles. The summed E-state index contributed by atoms with van der Waals surface area (Å²) in [5, 5.41) is 4.93. The van der Waals surface area contributed by atoms with Gasteiger partial charge in [0, 0.05) is 12.5 Å². The van der Waals surface area contributed by atoms with Gasteiger partial charge in [0.05, 0.1) is 5.92 Å². The van der Waals surface area contributed by atoms with Gasteiger partial charge in [0.2, 0.25) is 17.7 Å². The quantitative estimate of drug-likeness (QED) is 0.573. The summed E-state index contributed by atoms with van der Waals surface area (Å²) in [6.45, 7) is 0. The molecule has 2 aliphatic rings. The van der Waals surface area contributed by atoms with Crippen LogP contribution in [0.4, 0.5) is 0 Å². The number of carbonyl (C=O) groups excluding carboxylic acids is 3. The van der Waals surface area contributed by atoms with E-state index in [1.807, 2.05) is 0 Å². The van der Waals surface area contributed by atoms with Gasteiger partial charge in [0.15, 0.2) is 0 Å². The van der Waals surface area contributed by atoms with Crippen molar-refractivity contribution in [3.8, 4) is 0 Å². The van der Waals surface area contributed by atoms with Crippen LogP contribution in [0.25, 0.3) is 0 Å². The number of hydrogen-bond donors (Lipinski definition) is 3. The van der Waals surface area contributed by atoms with E-state index in [1.54, 1.807) is 0 Å². The van der Waals surface area contributed by atoms with E-state index < -0.39 is 11.9 Å². The Morgan fingerprint density at radius 2 is 1.94 bits per heavy atom. The van der Waals surface area contributed by atoms with Crippen LogP contribution in [-0.4, -0.2) is 29.8 Å². The summed E-state index contributed by atoms with van der Waals surface area (Å²) in [4.78, 5) is 34.6. The molecule has 1 aliphatic carbocycles. The van der Waals surface area contributed by atoms with Gasteiger partial charge in [-0.25, -0.2) is 0 Å². The molecule has 2 rings (SSSR count). The Hall–Kier alpha value is -1.43. The molecule has 0 spiro atoms. The molecule has 6 nitrogen and oxygen atoms in total. The molecule has 18 heavy (non-hydrogen) atoms. The largest absolute Gasteiger partial charge is 0.344 e. The number of hydrogen-bond acceptors (Lipinski definition) is 4. The first-order valence-corrected chi connectivity index (χ1v) is 6.47. The van der Waals surface area contributed by atoms with E-state index in [2.05, 4.69) is 10.6 Å². The Kier molecular flexibility index (Phi) is 3.96. The summed E-state index contributed by atoms with van der Waals surface area (Å²) in [7, 11) is 0. The molecule has 1 heterocycles. The third kappa shape index (κ3) is 2.87. The second-order valence-corrected chi connectivity index (χ2v) is 5.07. The van der Waals surface area contributed by atoms with Gasteiger partial charge >= 0.3 is 0 Å². The predicted molar refractivity (Wildman–Crippen MR) is 64.2 cm³/mol. The molecule has 0 aromatic heterocycles. The van der Waals surface area contributed by atoms with Gasteiger partial charge in [-0.05, 0) is 19.3 Å².